The van der Waals surface area contributed by atoms with Gasteiger partial charge in [0.15, 0.2) is 0 Å². The van der Waals surface area contributed by atoms with Gasteiger partial charge in [-0.2, -0.15) is 0 Å². The first-order valence-electron chi connectivity index (χ1n) is 5.30. The summed E-state index contributed by atoms with van der Waals surface area (Å²) in [4.78, 5) is 10.9. The van der Waals surface area contributed by atoms with Gasteiger partial charge in [0.1, 0.15) is 0 Å². The van der Waals surface area contributed by atoms with Gasteiger partial charge in [0.2, 0.25) is 0 Å². The lowest BCUT2D eigenvalue weighted by molar-refractivity contribution is -0.149. The summed E-state index contributed by atoms with van der Waals surface area (Å²) < 4.78 is 0. The first-order valence-corrected chi connectivity index (χ1v) is 5.30. The van der Waals surface area contributed by atoms with Crippen molar-refractivity contribution in [3.8, 4) is 0 Å². The zero-order valence-corrected chi connectivity index (χ0v) is 9.87. The summed E-state index contributed by atoms with van der Waals surface area (Å²) >= 11 is 0. The van der Waals surface area contributed by atoms with Crippen LogP contribution in [0.3, 0.4) is 0 Å². The minimum atomic E-state index is -1.20. The minimum Gasteiger partial charge on any atom is -0.481 e. The van der Waals surface area contributed by atoms with Crippen molar-refractivity contribution >= 4 is 5.97 Å². The Morgan fingerprint density at radius 3 is 2.47 bits per heavy atom. The van der Waals surface area contributed by atoms with Crippen LogP contribution in [0.25, 0.3) is 0 Å². The van der Waals surface area contributed by atoms with Crippen LogP contribution >= 0.6 is 0 Å². The molecule has 0 fully saturated rings. The predicted molar refractivity (Wildman–Crippen MR) is 58.5 cm³/mol. The first kappa shape index (κ1) is 12.2. The second-order valence-corrected chi connectivity index (χ2v) is 5.56. The summed E-state index contributed by atoms with van der Waals surface area (Å²) in [6.07, 6.45) is 3.14. The second-order valence-electron chi connectivity index (χ2n) is 5.56. The third kappa shape index (κ3) is 2.59. The molecule has 2 N–H and O–H groups in total. The SMILES string of the molecule is CC1=CC(O)(C(C)C(=O)O)CC(C)(C)C1. The fourth-order valence-electron chi connectivity index (χ4n) is 2.60. The van der Waals surface area contributed by atoms with Crippen molar-refractivity contribution in [2.45, 2.75) is 46.1 Å². The van der Waals surface area contributed by atoms with Gasteiger partial charge in [0, 0.05) is 0 Å². The quantitative estimate of drug-likeness (QED) is 0.690. The number of aliphatic carboxylic acids is 1. The Hall–Kier alpha value is -0.830. The van der Waals surface area contributed by atoms with Crippen LogP contribution in [-0.4, -0.2) is 21.8 Å². The molecule has 2 atom stereocenters. The van der Waals surface area contributed by atoms with Gasteiger partial charge in [-0.3, -0.25) is 4.79 Å². The fraction of sp³-hybridized carbons (Fsp3) is 0.750. The number of hydrogen-bond donors (Lipinski definition) is 2. The monoisotopic (exact) mass is 212 g/mol. The molecule has 1 aliphatic rings. The number of aliphatic hydroxyl groups is 1. The van der Waals surface area contributed by atoms with Gasteiger partial charge in [0.05, 0.1) is 11.5 Å². The van der Waals surface area contributed by atoms with Gasteiger partial charge >= 0.3 is 5.97 Å². The summed E-state index contributed by atoms with van der Waals surface area (Å²) in [6, 6.07) is 0. The van der Waals surface area contributed by atoms with E-state index in [2.05, 4.69) is 13.8 Å². The molecule has 0 bridgehead atoms. The molecule has 0 heterocycles. The molecule has 15 heavy (non-hydrogen) atoms. The van der Waals surface area contributed by atoms with Crippen LogP contribution in [0.4, 0.5) is 0 Å². The zero-order chi connectivity index (χ0) is 11.9. The summed E-state index contributed by atoms with van der Waals surface area (Å²) in [5, 5.41) is 19.3. The third-order valence-corrected chi connectivity index (χ3v) is 3.14. The fourth-order valence-corrected chi connectivity index (χ4v) is 2.60. The van der Waals surface area contributed by atoms with Crippen molar-refractivity contribution < 1.29 is 15.0 Å². The molecule has 0 aliphatic heterocycles. The van der Waals surface area contributed by atoms with Crippen molar-refractivity contribution in [1.29, 1.82) is 0 Å². The lowest BCUT2D eigenvalue weighted by Gasteiger charge is -2.41. The van der Waals surface area contributed by atoms with Crippen LogP contribution in [0, 0.1) is 11.3 Å². The average Bonchev–Trinajstić information content (AvgIpc) is 1.97. The summed E-state index contributed by atoms with van der Waals surface area (Å²) in [7, 11) is 0. The Labute approximate surface area is 90.8 Å². The number of carboxylic acids is 1. The Kier molecular flexibility index (Phi) is 2.97. The van der Waals surface area contributed by atoms with Crippen molar-refractivity contribution in [3.63, 3.8) is 0 Å². The molecule has 0 spiro atoms. The van der Waals surface area contributed by atoms with Crippen LogP contribution in [-0.2, 0) is 4.79 Å². The van der Waals surface area contributed by atoms with Crippen molar-refractivity contribution in [2.75, 3.05) is 0 Å². The Morgan fingerprint density at radius 1 is 1.53 bits per heavy atom. The zero-order valence-electron chi connectivity index (χ0n) is 9.87. The van der Waals surface area contributed by atoms with Crippen molar-refractivity contribution in [2.24, 2.45) is 11.3 Å². The lowest BCUT2D eigenvalue weighted by atomic mass is 9.67. The summed E-state index contributed by atoms with van der Waals surface area (Å²) in [5.74, 6) is -1.70. The van der Waals surface area contributed by atoms with E-state index in [1.807, 2.05) is 6.92 Å². The number of allylic oxidation sites excluding steroid dienone is 1. The molecule has 0 amide bonds. The van der Waals surface area contributed by atoms with Gasteiger partial charge < -0.3 is 10.2 Å². The average molecular weight is 212 g/mol. The highest BCUT2D eigenvalue weighted by atomic mass is 16.4. The Balaban J connectivity index is 3.03. The normalized spacial score (nSPS) is 31.9. The van der Waals surface area contributed by atoms with Gasteiger partial charge in [-0.1, -0.05) is 25.5 Å². The van der Waals surface area contributed by atoms with Crippen molar-refractivity contribution in [3.05, 3.63) is 11.6 Å². The Morgan fingerprint density at radius 2 is 2.07 bits per heavy atom. The number of carboxylic acid groups (broad SMARTS) is 1. The molecule has 0 aromatic rings. The molecule has 0 aromatic carbocycles. The van der Waals surface area contributed by atoms with E-state index in [1.165, 1.54) is 0 Å². The van der Waals surface area contributed by atoms with Crippen molar-refractivity contribution in [1.82, 2.24) is 0 Å². The maximum absolute atomic E-state index is 10.9. The molecular weight excluding hydrogens is 192 g/mol. The van der Waals surface area contributed by atoms with Gasteiger partial charge in [0.25, 0.3) is 0 Å². The van der Waals surface area contributed by atoms with Gasteiger partial charge in [-0.25, -0.2) is 0 Å². The van der Waals surface area contributed by atoms with E-state index < -0.39 is 17.5 Å². The molecule has 3 nitrogen and oxygen atoms in total. The maximum Gasteiger partial charge on any atom is 0.309 e. The van der Waals surface area contributed by atoms with E-state index in [9.17, 15) is 9.90 Å². The summed E-state index contributed by atoms with van der Waals surface area (Å²) in [5.41, 5.74) is -0.156. The molecule has 86 valence electrons. The molecule has 0 saturated heterocycles. The Bertz CT molecular complexity index is 304. The third-order valence-electron chi connectivity index (χ3n) is 3.14. The molecule has 0 aromatic heterocycles. The van der Waals surface area contributed by atoms with Crippen LogP contribution in [0.15, 0.2) is 11.6 Å². The minimum absolute atomic E-state index is 0.0305. The van der Waals surface area contributed by atoms with Gasteiger partial charge in [-0.15, -0.1) is 0 Å². The summed E-state index contributed by atoms with van der Waals surface area (Å²) in [6.45, 7) is 7.63. The standard InChI is InChI=1S/C12H20O3/c1-8-5-11(3,4)7-12(15,6-8)9(2)10(13)14/h6,9,15H,5,7H2,1-4H3,(H,13,14). The number of hydrogen-bond acceptors (Lipinski definition) is 2. The predicted octanol–water partition coefficient (Wildman–Crippen LogP) is 2.20. The van der Waals surface area contributed by atoms with Gasteiger partial charge in [-0.05, 0) is 32.1 Å². The molecule has 3 heteroatoms. The highest BCUT2D eigenvalue weighted by Gasteiger charge is 2.43. The number of rotatable bonds is 2. The van der Waals surface area contributed by atoms with E-state index in [1.54, 1.807) is 13.0 Å². The number of carbonyl (C=O) groups is 1. The van der Waals surface area contributed by atoms with Crippen LogP contribution < -0.4 is 0 Å². The molecule has 1 aliphatic carbocycles. The topological polar surface area (TPSA) is 57.5 Å². The largest absolute Gasteiger partial charge is 0.481 e. The smallest absolute Gasteiger partial charge is 0.309 e. The molecule has 2 unspecified atom stereocenters. The van der Waals surface area contributed by atoms with Crippen LogP contribution in [0.1, 0.15) is 40.5 Å². The highest BCUT2D eigenvalue weighted by molar-refractivity contribution is 5.71. The lowest BCUT2D eigenvalue weighted by Crippen LogP contribution is -2.45. The molecule has 0 radical (unpaired) electrons. The van der Waals surface area contributed by atoms with Crippen LogP contribution in [0.5, 0.6) is 0 Å². The molecule has 1 rings (SSSR count). The van der Waals surface area contributed by atoms with E-state index in [4.69, 9.17) is 5.11 Å². The molecular formula is C12H20O3. The van der Waals surface area contributed by atoms with E-state index in [0.29, 0.717) is 6.42 Å². The highest BCUT2D eigenvalue weighted by Crippen LogP contribution is 2.43. The molecule has 0 saturated carbocycles. The second kappa shape index (κ2) is 3.63. The van der Waals surface area contributed by atoms with E-state index in [0.717, 1.165) is 12.0 Å². The van der Waals surface area contributed by atoms with E-state index in [-0.39, 0.29) is 5.41 Å². The van der Waals surface area contributed by atoms with Crippen LogP contribution in [0.2, 0.25) is 0 Å². The van der Waals surface area contributed by atoms with E-state index >= 15 is 0 Å². The first-order chi connectivity index (χ1) is 6.66. The maximum atomic E-state index is 10.9.